The third-order valence-electron chi connectivity index (χ3n) is 4.36. The van der Waals surface area contributed by atoms with Gasteiger partial charge in [0.1, 0.15) is 0 Å². The fourth-order valence-electron chi connectivity index (χ4n) is 2.90. The molecule has 0 bridgehead atoms. The number of carbonyl (C=O) groups is 1. The number of anilines is 1. The first kappa shape index (κ1) is 19.2. The Kier molecular flexibility index (Phi) is 6.29. The van der Waals surface area contributed by atoms with Gasteiger partial charge in [-0.15, -0.1) is 10.2 Å². The predicted octanol–water partition coefficient (Wildman–Crippen LogP) is 4.50. The highest BCUT2D eigenvalue weighted by Crippen LogP contribution is 2.21. The Hall–Kier alpha value is -2.60. The smallest absolute Gasteiger partial charge is 0.191 e. The van der Waals surface area contributed by atoms with Crippen molar-refractivity contribution in [2.24, 2.45) is 0 Å². The number of Topliss-reactive ketones (excluding diaryl/α,β-unsaturated/α-hetero) is 1. The summed E-state index contributed by atoms with van der Waals surface area (Å²) in [5.74, 6) is 1.32. The number of hydrogen-bond donors (Lipinski definition) is 1. The molecule has 0 saturated heterocycles. The van der Waals surface area contributed by atoms with Gasteiger partial charge in [-0.2, -0.15) is 0 Å². The molecular formula is C21H24N4OS. The quantitative estimate of drug-likeness (QED) is 0.460. The normalized spacial score (nSPS) is 10.8. The van der Waals surface area contributed by atoms with Gasteiger partial charge in [0.2, 0.25) is 0 Å². The number of nitrogens with one attached hydrogen (secondary N) is 1. The lowest BCUT2D eigenvalue weighted by Gasteiger charge is -2.11. The average Bonchev–Trinajstić information content (AvgIpc) is 3.08. The molecule has 0 saturated carbocycles. The summed E-state index contributed by atoms with van der Waals surface area (Å²) in [4.78, 5) is 12.3. The zero-order chi connectivity index (χ0) is 19.2. The fraction of sp³-hybridized carbons (Fsp3) is 0.286. The van der Waals surface area contributed by atoms with E-state index in [9.17, 15) is 4.79 Å². The fourth-order valence-corrected chi connectivity index (χ4v) is 3.81. The van der Waals surface area contributed by atoms with Crippen LogP contribution in [0.5, 0.6) is 0 Å². The van der Waals surface area contributed by atoms with Crippen molar-refractivity contribution in [1.82, 2.24) is 14.8 Å². The van der Waals surface area contributed by atoms with Crippen molar-refractivity contribution in [2.45, 2.75) is 39.0 Å². The highest BCUT2D eigenvalue weighted by Gasteiger charge is 2.14. The minimum atomic E-state index is 0.0983. The van der Waals surface area contributed by atoms with E-state index in [1.807, 2.05) is 30.3 Å². The van der Waals surface area contributed by atoms with Crippen molar-refractivity contribution >= 4 is 23.2 Å². The molecule has 0 fully saturated rings. The number of nitrogens with zero attached hydrogens (tertiary/aromatic N) is 3. The van der Waals surface area contributed by atoms with Crippen LogP contribution in [-0.4, -0.2) is 26.3 Å². The van der Waals surface area contributed by atoms with Crippen molar-refractivity contribution in [3.63, 3.8) is 0 Å². The molecule has 0 aliphatic rings. The maximum Gasteiger partial charge on any atom is 0.191 e. The second-order valence-electron chi connectivity index (χ2n) is 6.39. The molecule has 3 aromatic rings. The van der Waals surface area contributed by atoms with E-state index in [2.05, 4.69) is 59.1 Å². The summed E-state index contributed by atoms with van der Waals surface area (Å²) in [7, 11) is 0. The maximum absolute atomic E-state index is 12.3. The van der Waals surface area contributed by atoms with Gasteiger partial charge in [0.15, 0.2) is 16.8 Å². The van der Waals surface area contributed by atoms with Crippen LogP contribution < -0.4 is 5.32 Å². The van der Waals surface area contributed by atoms with Crippen molar-refractivity contribution < 1.29 is 4.79 Å². The van der Waals surface area contributed by atoms with Gasteiger partial charge >= 0.3 is 0 Å². The molecule has 0 atom stereocenters. The summed E-state index contributed by atoms with van der Waals surface area (Å²) in [6.45, 7) is 7.60. The van der Waals surface area contributed by atoms with Gasteiger partial charge in [0, 0.05) is 17.8 Å². The van der Waals surface area contributed by atoms with Gasteiger partial charge in [0.25, 0.3) is 0 Å². The highest BCUT2D eigenvalue weighted by atomic mass is 32.2. The molecule has 1 heterocycles. The van der Waals surface area contributed by atoms with E-state index in [1.54, 1.807) is 0 Å². The largest absolute Gasteiger partial charge is 0.378 e. The number of hydrogen-bond acceptors (Lipinski definition) is 5. The summed E-state index contributed by atoms with van der Waals surface area (Å²) < 4.78 is 2.06. The number of carbonyl (C=O) groups excluding carboxylic acids is 1. The van der Waals surface area contributed by atoms with Crippen LogP contribution in [0.4, 0.5) is 5.69 Å². The number of benzene rings is 2. The molecule has 0 radical (unpaired) electrons. The van der Waals surface area contributed by atoms with Crippen LogP contribution in [0.1, 0.15) is 34.2 Å². The molecule has 140 valence electrons. The first-order valence-corrected chi connectivity index (χ1v) is 10.0. The summed E-state index contributed by atoms with van der Waals surface area (Å²) in [6, 6.07) is 15.7. The van der Waals surface area contributed by atoms with Gasteiger partial charge in [-0.1, -0.05) is 59.8 Å². The van der Waals surface area contributed by atoms with Gasteiger partial charge in [-0.25, -0.2) is 0 Å². The van der Waals surface area contributed by atoms with E-state index in [1.165, 1.54) is 22.9 Å². The first-order chi connectivity index (χ1) is 13.1. The predicted molar refractivity (Wildman–Crippen MR) is 110 cm³/mol. The van der Waals surface area contributed by atoms with E-state index in [4.69, 9.17) is 0 Å². The van der Waals surface area contributed by atoms with Crippen molar-refractivity contribution in [3.8, 4) is 0 Å². The number of rotatable bonds is 8. The minimum absolute atomic E-state index is 0.0983. The highest BCUT2D eigenvalue weighted by molar-refractivity contribution is 7.99. The summed E-state index contributed by atoms with van der Waals surface area (Å²) in [5.41, 5.74) is 4.28. The van der Waals surface area contributed by atoms with Crippen LogP contribution >= 0.6 is 11.8 Å². The molecule has 27 heavy (non-hydrogen) atoms. The lowest BCUT2D eigenvalue weighted by molar-refractivity contribution is 0.102. The summed E-state index contributed by atoms with van der Waals surface area (Å²) >= 11 is 1.43. The van der Waals surface area contributed by atoms with Crippen LogP contribution in [0.2, 0.25) is 0 Å². The maximum atomic E-state index is 12.3. The topological polar surface area (TPSA) is 59.8 Å². The Labute approximate surface area is 164 Å². The van der Waals surface area contributed by atoms with Crippen molar-refractivity contribution in [2.75, 3.05) is 11.1 Å². The van der Waals surface area contributed by atoms with Gasteiger partial charge in [0.05, 0.1) is 12.3 Å². The number of thioether (sulfide) groups is 1. The Morgan fingerprint density at radius 3 is 2.59 bits per heavy atom. The van der Waals surface area contributed by atoms with E-state index >= 15 is 0 Å². The van der Waals surface area contributed by atoms with E-state index in [0.29, 0.717) is 12.3 Å². The van der Waals surface area contributed by atoms with E-state index in [-0.39, 0.29) is 5.78 Å². The summed E-state index contributed by atoms with van der Waals surface area (Å²) in [5, 5.41) is 12.8. The standard InChI is InChI=1S/C21H24N4OS/c1-4-25-20(13-22-18-11-10-15(2)12-16(18)3)23-24-21(25)27-14-19(26)17-8-6-5-7-9-17/h5-12,22H,4,13-14H2,1-3H3. The van der Waals surface area contributed by atoms with Crippen LogP contribution in [0.25, 0.3) is 0 Å². The van der Waals surface area contributed by atoms with E-state index in [0.717, 1.165) is 28.8 Å². The summed E-state index contributed by atoms with van der Waals surface area (Å²) in [6.07, 6.45) is 0. The number of ketones is 1. The molecule has 0 amide bonds. The monoisotopic (exact) mass is 380 g/mol. The molecular weight excluding hydrogens is 356 g/mol. The molecule has 1 N–H and O–H groups in total. The molecule has 1 aromatic heterocycles. The molecule has 6 heteroatoms. The first-order valence-electron chi connectivity index (χ1n) is 9.02. The third-order valence-corrected chi connectivity index (χ3v) is 5.32. The molecule has 0 spiro atoms. The van der Waals surface area contributed by atoms with Crippen molar-refractivity contribution in [1.29, 1.82) is 0 Å². The molecule has 3 rings (SSSR count). The SMILES string of the molecule is CCn1c(CNc2ccc(C)cc2C)nnc1SCC(=O)c1ccccc1. The second kappa shape index (κ2) is 8.86. The Balaban J connectivity index is 1.65. The third kappa shape index (κ3) is 4.77. The molecule has 0 aliphatic heterocycles. The molecule has 0 aliphatic carbocycles. The van der Waals surface area contributed by atoms with Gasteiger partial charge in [-0.05, 0) is 32.4 Å². The lowest BCUT2D eigenvalue weighted by atomic mass is 10.1. The van der Waals surface area contributed by atoms with Crippen LogP contribution in [-0.2, 0) is 13.1 Å². The van der Waals surface area contributed by atoms with Crippen LogP contribution in [0.15, 0.2) is 53.7 Å². The molecule has 0 unspecified atom stereocenters. The molecule has 2 aromatic carbocycles. The van der Waals surface area contributed by atoms with E-state index < -0.39 is 0 Å². The van der Waals surface area contributed by atoms with Crippen molar-refractivity contribution in [3.05, 3.63) is 71.0 Å². The zero-order valence-corrected chi connectivity index (χ0v) is 16.7. The number of aromatic nitrogens is 3. The Bertz CT molecular complexity index is 921. The Morgan fingerprint density at radius 2 is 1.89 bits per heavy atom. The van der Waals surface area contributed by atoms with Gasteiger partial charge < -0.3 is 9.88 Å². The van der Waals surface area contributed by atoms with Crippen LogP contribution in [0.3, 0.4) is 0 Å². The van der Waals surface area contributed by atoms with Crippen LogP contribution in [0, 0.1) is 13.8 Å². The average molecular weight is 381 g/mol. The zero-order valence-electron chi connectivity index (χ0n) is 15.9. The minimum Gasteiger partial charge on any atom is -0.378 e. The molecule has 5 nitrogen and oxygen atoms in total. The van der Waals surface area contributed by atoms with Gasteiger partial charge in [-0.3, -0.25) is 4.79 Å². The Morgan fingerprint density at radius 1 is 1.11 bits per heavy atom. The second-order valence-corrected chi connectivity index (χ2v) is 7.34. The number of aryl methyl sites for hydroxylation is 2. The lowest BCUT2D eigenvalue weighted by Crippen LogP contribution is -2.10.